The Bertz CT molecular complexity index is 315. The molecule has 2 nitrogen and oxygen atoms in total. The Morgan fingerprint density at radius 1 is 1.50 bits per heavy atom. The zero-order chi connectivity index (χ0) is 10.4. The minimum atomic E-state index is -0.889. The average molecular weight is 229 g/mol. The minimum Gasteiger partial charge on any atom is -0.399 e. The lowest BCUT2D eigenvalue weighted by molar-refractivity contribution is 0.682. The van der Waals surface area contributed by atoms with Crippen molar-refractivity contribution in [2.45, 2.75) is 11.3 Å². The molecule has 0 aliphatic rings. The van der Waals surface area contributed by atoms with Gasteiger partial charge in [-0.25, -0.2) is 0 Å². The highest BCUT2D eigenvalue weighted by molar-refractivity contribution is 7.98. The van der Waals surface area contributed by atoms with Gasteiger partial charge in [0.05, 0.1) is 10.8 Å². The first-order chi connectivity index (χ1) is 6.74. The fourth-order valence-electron chi connectivity index (χ4n) is 1.11. The molecule has 1 rings (SSSR count). The molecule has 1 atom stereocenters. The maximum Gasteiger partial charge on any atom is 0.0530 e. The van der Waals surface area contributed by atoms with Crippen molar-refractivity contribution >= 4 is 28.2 Å². The normalized spacial score (nSPS) is 12.6. The molecule has 0 amide bonds. The molecule has 0 fully saturated rings. The number of rotatable bonds is 5. The van der Waals surface area contributed by atoms with E-state index in [1.807, 2.05) is 18.2 Å². The lowest BCUT2D eigenvalue weighted by Gasteiger charge is -2.02. The van der Waals surface area contributed by atoms with Crippen LogP contribution in [0.25, 0.3) is 0 Å². The van der Waals surface area contributed by atoms with E-state index in [-0.39, 0.29) is 0 Å². The van der Waals surface area contributed by atoms with Crippen LogP contribution < -0.4 is 5.73 Å². The van der Waals surface area contributed by atoms with Gasteiger partial charge in [0.25, 0.3) is 0 Å². The molecule has 1 aromatic carbocycles. The number of anilines is 1. The van der Waals surface area contributed by atoms with E-state index >= 15 is 0 Å². The summed E-state index contributed by atoms with van der Waals surface area (Å²) in [7, 11) is -0.889. The standard InChI is InChI=1S/C10H15NOS2/c1-13-6-3-7-14(12)10-5-2-4-9(11)8-10/h2,4-5,8H,3,6-7,11H2,1H3. The molecule has 0 bridgehead atoms. The highest BCUT2D eigenvalue weighted by atomic mass is 32.2. The van der Waals surface area contributed by atoms with Gasteiger partial charge < -0.3 is 5.73 Å². The Labute approximate surface area is 91.7 Å². The van der Waals surface area contributed by atoms with E-state index < -0.39 is 10.8 Å². The SMILES string of the molecule is CSCCCS(=O)c1cccc(N)c1. The summed E-state index contributed by atoms with van der Waals surface area (Å²) >= 11 is 1.78. The highest BCUT2D eigenvalue weighted by Gasteiger charge is 2.02. The van der Waals surface area contributed by atoms with Gasteiger partial charge in [0.1, 0.15) is 0 Å². The third kappa shape index (κ3) is 3.72. The molecule has 0 aliphatic heterocycles. The molecule has 0 heterocycles. The zero-order valence-electron chi connectivity index (χ0n) is 8.23. The summed E-state index contributed by atoms with van der Waals surface area (Å²) in [6, 6.07) is 7.31. The van der Waals surface area contributed by atoms with Gasteiger partial charge in [0.15, 0.2) is 0 Å². The smallest absolute Gasteiger partial charge is 0.0530 e. The molecule has 0 spiro atoms. The second-order valence-corrected chi connectivity index (χ2v) is 5.52. The number of nitrogen functional groups attached to an aromatic ring is 1. The lowest BCUT2D eigenvalue weighted by Crippen LogP contribution is -2.00. The third-order valence-electron chi connectivity index (χ3n) is 1.80. The van der Waals surface area contributed by atoms with Crippen molar-refractivity contribution in [2.24, 2.45) is 0 Å². The lowest BCUT2D eigenvalue weighted by atomic mass is 10.3. The topological polar surface area (TPSA) is 43.1 Å². The van der Waals surface area contributed by atoms with Crippen LogP contribution in [0.15, 0.2) is 29.2 Å². The molecular weight excluding hydrogens is 214 g/mol. The van der Waals surface area contributed by atoms with Crippen LogP contribution in [-0.4, -0.2) is 22.0 Å². The fourth-order valence-corrected chi connectivity index (χ4v) is 2.86. The summed E-state index contributed by atoms with van der Waals surface area (Å²) in [5.74, 6) is 1.79. The molecule has 0 saturated carbocycles. The van der Waals surface area contributed by atoms with E-state index in [2.05, 4.69) is 6.26 Å². The van der Waals surface area contributed by atoms with Gasteiger partial charge in [-0.3, -0.25) is 4.21 Å². The van der Waals surface area contributed by atoms with Crippen molar-refractivity contribution < 1.29 is 4.21 Å². The molecule has 0 aliphatic carbocycles. The molecule has 78 valence electrons. The minimum absolute atomic E-state index is 0.681. The molecule has 14 heavy (non-hydrogen) atoms. The molecule has 1 aromatic rings. The van der Waals surface area contributed by atoms with Crippen LogP contribution in [0.3, 0.4) is 0 Å². The number of nitrogens with two attached hydrogens (primary N) is 1. The Morgan fingerprint density at radius 2 is 2.29 bits per heavy atom. The van der Waals surface area contributed by atoms with Crippen molar-refractivity contribution in [3.63, 3.8) is 0 Å². The average Bonchev–Trinajstić information content (AvgIpc) is 2.18. The third-order valence-corrected chi connectivity index (χ3v) is 3.94. The molecule has 1 unspecified atom stereocenters. The van der Waals surface area contributed by atoms with E-state index in [0.717, 1.165) is 22.8 Å². The monoisotopic (exact) mass is 229 g/mol. The second-order valence-electron chi connectivity index (χ2n) is 2.97. The van der Waals surface area contributed by atoms with Gasteiger partial charge >= 0.3 is 0 Å². The van der Waals surface area contributed by atoms with Gasteiger partial charge in [-0.1, -0.05) is 6.07 Å². The Morgan fingerprint density at radius 3 is 2.93 bits per heavy atom. The van der Waals surface area contributed by atoms with Crippen molar-refractivity contribution in [1.29, 1.82) is 0 Å². The predicted octanol–water partition coefficient (Wildman–Crippen LogP) is 2.13. The largest absolute Gasteiger partial charge is 0.399 e. The van der Waals surface area contributed by atoms with Crippen LogP contribution in [0, 0.1) is 0 Å². The first kappa shape index (κ1) is 11.6. The van der Waals surface area contributed by atoms with Gasteiger partial charge in [-0.15, -0.1) is 0 Å². The Kier molecular flexibility index (Phi) is 5.04. The van der Waals surface area contributed by atoms with E-state index in [4.69, 9.17) is 5.73 Å². The van der Waals surface area contributed by atoms with Gasteiger partial charge in [0.2, 0.25) is 0 Å². The van der Waals surface area contributed by atoms with Crippen LogP contribution in [0.5, 0.6) is 0 Å². The maximum absolute atomic E-state index is 11.7. The van der Waals surface area contributed by atoms with Crippen molar-refractivity contribution in [3.8, 4) is 0 Å². The first-order valence-electron chi connectivity index (χ1n) is 4.47. The molecule has 0 saturated heterocycles. The van der Waals surface area contributed by atoms with E-state index in [1.54, 1.807) is 17.8 Å². The summed E-state index contributed by atoms with van der Waals surface area (Å²) in [6.45, 7) is 0. The van der Waals surface area contributed by atoms with E-state index in [0.29, 0.717) is 5.69 Å². The second kappa shape index (κ2) is 6.09. The number of thioether (sulfide) groups is 1. The summed E-state index contributed by atoms with van der Waals surface area (Å²) in [6.07, 6.45) is 3.05. The summed E-state index contributed by atoms with van der Waals surface area (Å²) < 4.78 is 11.7. The number of benzene rings is 1. The maximum atomic E-state index is 11.7. The quantitative estimate of drug-likeness (QED) is 0.621. The summed E-state index contributed by atoms with van der Waals surface area (Å²) in [5, 5.41) is 0. The molecule has 0 aromatic heterocycles. The Hall–Kier alpha value is -0.480. The van der Waals surface area contributed by atoms with Gasteiger partial charge in [-0.2, -0.15) is 11.8 Å². The van der Waals surface area contributed by atoms with E-state index in [9.17, 15) is 4.21 Å². The summed E-state index contributed by atoms with van der Waals surface area (Å²) in [5.41, 5.74) is 6.29. The van der Waals surface area contributed by atoms with Crippen LogP contribution in [-0.2, 0) is 10.8 Å². The number of hydrogen-bond donors (Lipinski definition) is 1. The van der Waals surface area contributed by atoms with Crippen LogP contribution in [0.1, 0.15) is 6.42 Å². The molecular formula is C10H15NOS2. The Balaban J connectivity index is 2.52. The molecule has 0 radical (unpaired) electrons. The molecule has 2 N–H and O–H groups in total. The zero-order valence-corrected chi connectivity index (χ0v) is 9.87. The van der Waals surface area contributed by atoms with Crippen molar-refractivity contribution in [1.82, 2.24) is 0 Å². The predicted molar refractivity (Wildman–Crippen MR) is 65.1 cm³/mol. The van der Waals surface area contributed by atoms with Crippen LogP contribution in [0.2, 0.25) is 0 Å². The number of hydrogen-bond acceptors (Lipinski definition) is 3. The van der Waals surface area contributed by atoms with Crippen LogP contribution >= 0.6 is 11.8 Å². The highest BCUT2D eigenvalue weighted by Crippen LogP contribution is 2.12. The van der Waals surface area contributed by atoms with E-state index in [1.165, 1.54) is 0 Å². The van der Waals surface area contributed by atoms with Gasteiger partial charge in [0, 0.05) is 16.3 Å². The first-order valence-corrected chi connectivity index (χ1v) is 7.18. The van der Waals surface area contributed by atoms with Gasteiger partial charge in [-0.05, 0) is 36.6 Å². The van der Waals surface area contributed by atoms with Crippen molar-refractivity contribution in [3.05, 3.63) is 24.3 Å². The van der Waals surface area contributed by atoms with Crippen LogP contribution in [0.4, 0.5) is 5.69 Å². The molecule has 4 heteroatoms. The van der Waals surface area contributed by atoms with Crippen molar-refractivity contribution in [2.75, 3.05) is 23.5 Å². The summed E-state index contributed by atoms with van der Waals surface area (Å²) in [4.78, 5) is 0.839. The fraction of sp³-hybridized carbons (Fsp3) is 0.400.